The molecule has 0 radical (unpaired) electrons. The largest absolute Gasteiger partial charge is 0.464 e. The summed E-state index contributed by atoms with van der Waals surface area (Å²) in [4.78, 5) is 43.7. The van der Waals surface area contributed by atoms with Gasteiger partial charge in [0.2, 0.25) is 0 Å². The van der Waals surface area contributed by atoms with Gasteiger partial charge in [-0.25, -0.2) is 14.6 Å². The summed E-state index contributed by atoms with van der Waals surface area (Å²) in [6.45, 7) is 1.90. The number of carbonyl (C=O) groups is 2. The number of rotatable bonds is 6. The molecule has 0 aliphatic heterocycles. The van der Waals surface area contributed by atoms with E-state index in [4.69, 9.17) is 9.47 Å². The number of nitrogens with zero attached hydrogens (tertiary/aromatic N) is 2. The van der Waals surface area contributed by atoms with Gasteiger partial charge in [-0.2, -0.15) is 5.10 Å². The third kappa shape index (κ3) is 4.29. The van der Waals surface area contributed by atoms with E-state index < -0.39 is 17.5 Å². The van der Waals surface area contributed by atoms with Crippen LogP contribution in [0.3, 0.4) is 0 Å². The van der Waals surface area contributed by atoms with Crippen LogP contribution in [-0.2, 0) is 14.3 Å². The molecule has 1 aromatic heterocycles. The van der Waals surface area contributed by atoms with Crippen molar-refractivity contribution in [1.29, 1.82) is 0 Å². The van der Waals surface area contributed by atoms with Crippen molar-refractivity contribution in [2.45, 2.75) is 6.92 Å². The van der Waals surface area contributed by atoms with Gasteiger partial charge in [-0.15, -0.1) is 0 Å². The Kier molecular flexibility index (Phi) is 5.98. The highest BCUT2D eigenvalue weighted by Gasteiger charge is 2.21. The number of aromatic amines is 1. The Balaban J connectivity index is 2.05. The van der Waals surface area contributed by atoms with E-state index in [1.165, 1.54) is 7.11 Å². The van der Waals surface area contributed by atoms with E-state index in [0.29, 0.717) is 16.7 Å². The van der Waals surface area contributed by atoms with E-state index in [-0.39, 0.29) is 23.6 Å². The number of hydrazone groups is 1. The van der Waals surface area contributed by atoms with Crippen LogP contribution in [-0.4, -0.2) is 41.3 Å². The smallest absolute Gasteiger partial charge is 0.360 e. The molecule has 9 heteroatoms. The van der Waals surface area contributed by atoms with Crippen LogP contribution < -0.4 is 11.0 Å². The van der Waals surface area contributed by atoms with Crippen LogP contribution >= 0.6 is 0 Å². The maximum absolute atomic E-state index is 12.5. The Bertz CT molecular complexity index is 1150. The lowest BCUT2D eigenvalue weighted by molar-refractivity contribution is -0.132. The minimum atomic E-state index is -0.862. The summed E-state index contributed by atoms with van der Waals surface area (Å²) in [7, 11) is 1.17. The third-order valence-corrected chi connectivity index (χ3v) is 3.91. The molecule has 0 saturated carbocycles. The van der Waals surface area contributed by atoms with Crippen LogP contribution in [0.1, 0.15) is 23.0 Å². The first kappa shape index (κ1) is 19.7. The quantitative estimate of drug-likeness (QED) is 0.373. The molecule has 29 heavy (non-hydrogen) atoms. The average Bonchev–Trinajstić information content (AvgIpc) is 2.74. The van der Waals surface area contributed by atoms with Crippen molar-refractivity contribution in [2.75, 3.05) is 19.1 Å². The summed E-state index contributed by atoms with van der Waals surface area (Å²) in [5, 5.41) is 4.01. The zero-order chi connectivity index (χ0) is 20.8. The highest BCUT2D eigenvalue weighted by molar-refractivity contribution is 6.42. The fourth-order valence-corrected chi connectivity index (χ4v) is 2.57. The Labute approximate surface area is 165 Å². The molecule has 0 unspecified atom stereocenters. The molecule has 3 rings (SSSR count). The molecule has 0 saturated heterocycles. The molecular weight excluding hydrogens is 376 g/mol. The van der Waals surface area contributed by atoms with Gasteiger partial charge in [0.05, 0.1) is 36.0 Å². The molecule has 0 aliphatic carbocycles. The van der Waals surface area contributed by atoms with E-state index in [2.05, 4.69) is 20.5 Å². The summed E-state index contributed by atoms with van der Waals surface area (Å²) < 4.78 is 9.75. The van der Waals surface area contributed by atoms with Gasteiger partial charge in [0.15, 0.2) is 11.4 Å². The maximum atomic E-state index is 12.5. The molecule has 0 bridgehead atoms. The SMILES string of the molecule is CCOC(=O)c1ccccc1N/N=C(\C(=O)OC)c1nc2ccccc2[nH]c1=O. The number of benzene rings is 2. The lowest BCUT2D eigenvalue weighted by Gasteiger charge is -2.09. The van der Waals surface area contributed by atoms with E-state index >= 15 is 0 Å². The number of H-pyrrole nitrogens is 1. The molecule has 0 amide bonds. The second-order valence-electron chi connectivity index (χ2n) is 5.76. The van der Waals surface area contributed by atoms with Gasteiger partial charge in [0, 0.05) is 0 Å². The summed E-state index contributed by atoms with van der Waals surface area (Å²) in [6, 6.07) is 13.4. The number of ether oxygens (including phenoxy) is 2. The molecule has 0 atom stereocenters. The second kappa shape index (κ2) is 8.79. The van der Waals surface area contributed by atoms with Gasteiger partial charge >= 0.3 is 11.9 Å². The Morgan fingerprint density at radius 1 is 1.14 bits per heavy atom. The van der Waals surface area contributed by atoms with Gasteiger partial charge in [-0.1, -0.05) is 24.3 Å². The van der Waals surface area contributed by atoms with Crippen LogP contribution in [0, 0.1) is 0 Å². The van der Waals surface area contributed by atoms with Gasteiger partial charge < -0.3 is 14.5 Å². The third-order valence-electron chi connectivity index (χ3n) is 3.91. The molecular formula is C20H18N4O5. The Morgan fingerprint density at radius 2 is 1.86 bits per heavy atom. The Hall–Kier alpha value is -4.01. The normalized spacial score (nSPS) is 11.2. The van der Waals surface area contributed by atoms with Crippen molar-refractivity contribution >= 4 is 34.4 Å². The summed E-state index contributed by atoms with van der Waals surface area (Å²) >= 11 is 0. The molecule has 0 aliphatic rings. The van der Waals surface area contributed by atoms with Crippen molar-refractivity contribution in [1.82, 2.24) is 9.97 Å². The van der Waals surface area contributed by atoms with Crippen molar-refractivity contribution in [2.24, 2.45) is 5.10 Å². The lowest BCUT2D eigenvalue weighted by Crippen LogP contribution is -2.28. The molecule has 2 N–H and O–H groups in total. The zero-order valence-corrected chi connectivity index (χ0v) is 15.8. The average molecular weight is 394 g/mol. The van der Waals surface area contributed by atoms with Crippen LogP contribution in [0.15, 0.2) is 58.4 Å². The highest BCUT2D eigenvalue weighted by atomic mass is 16.5. The van der Waals surface area contributed by atoms with Crippen LogP contribution in [0.5, 0.6) is 0 Å². The molecule has 1 heterocycles. The number of anilines is 1. The number of carbonyl (C=O) groups excluding carboxylic acids is 2. The van der Waals surface area contributed by atoms with Crippen LogP contribution in [0.4, 0.5) is 5.69 Å². The van der Waals surface area contributed by atoms with Gasteiger partial charge in [-0.05, 0) is 31.2 Å². The minimum Gasteiger partial charge on any atom is -0.464 e. The number of nitrogens with one attached hydrogen (secondary N) is 2. The molecule has 3 aromatic rings. The van der Waals surface area contributed by atoms with Crippen molar-refractivity contribution in [3.8, 4) is 0 Å². The fraction of sp³-hybridized carbons (Fsp3) is 0.150. The monoisotopic (exact) mass is 394 g/mol. The number of aromatic nitrogens is 2. The molecule has 0 fully saturated rings. The number of para-hydroxylation sites is 3. The zero-order valence-electron chi connectivity index (χ0n) is 15.8. The second-order valence-corrected chi connectivity index (χ2v) is 5.76. The number of methoxy groups -OCH3 is 1. The Morgan fingerprint density at radius 3 is 2.62 bits per heavy atom. The van der Waals surface area contributed by atoms with E-state index in [1.807, 2.05) is 0 Å². The molecule has 148 valence electrons. The molecule has 2 aromatic carbocycles. The van der Waals surface area contributed by atoms with Crippen molar-refractivity contribution in [3.05, 3.63) is 70.1 Å². The summed E-state index contributed by atoms with van der Waals surface area (Å²) in [5.41, 5.74) is 3.00. The van der Waals surface area contributed by atoms with Crippen LogP contribution in [0.2, 0.25) is 0 Å². The van der Waals surface area contributed by atoms with Gasteiger partial charge in [0.1, 0.15) is 0 Å². The fourth-order valence-electron chi connectivity index (χ4n) is 2.57. The predicted molar refractivity (Wildman–Crippen MR) is 107 cm³/mol. The van der Waals surface area contributed by atoms with Crippen molar-refractivity contribution < 1.29 is 19.1 Å². The van der Waals surface area contributed by atoms with E-state index in [1.54, 1.807) is 55.5 Å². The number of hydrogen-bond donors (Lipinski definition) is 2. The first-order chi connectivity index (χ1) is 14.0. The minimum absolute atomic E-state index is 0.209. The predicted octanol–water partition coefficient (Wildman–Crippen LogP) is 2.09. The molecule has 9 nitrogen and oxygen atoms in total. The summed E-state index contributed by atoms with van der Waals surface area (Å²) in [5.74, 6) is -1.41. The first-order valence-corrected chi connectivity index (χ1v) is 8.72. The summed E-state index contributed by atoms with van der Waals surface area (Å²) in [6.07, 6.45) is 0. The number of fused-ring (bicyclic) bond motifs is 1. The number of esters is 2. The first-order valence-electron chi connectivity index (χ1n) is 8.72. The standard InChI is InChI=1S/C20H18N4O5/c1-3-29-19(26)12-8-4-5-9-13(12)23-24-17(20(27)28-2)16-18(25)22-15-11-7-6-10-14(15)21-16/h4-11,23H,3H2,1-2H3,(H,22,25)/b24-17-. The maximum Gasteiger partial charge on any atom is 0.360 e. The molecule has 0 spiro atoms. The van der Waals surface area contributed by atoms with Crippen molar-refractivity contribution in [3.63, 3.8) is 0 Å². The van der Waals surface area contributed by atoms with Crippen LogP contribution in [0.25, 0.3) is 11.0 Å². The topological polar surface area (TPSA) is 123 Å². The lowest BCUT2D eigenvalue weighted by atomic mass is 10.2. The number of hydrogen-bond acceptors (Lipinski definition) is 8. The van der Waals surface area contributed by atoms with E-state index in [0.717, 1.165) is 0 Å². The van der Waals surface area contributed by atoms with E-state index in [9.17, 15) is 14.4 Å². The van der Waals surface area contributed by atoms with Gasteiger partial charge in [0.25, 0.3) is 5.56 Å². The highest BCUT2D eigenvalue weighted by Crippen LogP contribution is 2.16. The van der Waals surface area contributed by atoms with Gasteiger partial charge in [-0.3, -0.25) is 10.2 Å².